The number of fused-ring (bicyclic) bond motifs is 5. The summed E-state index contributed by atoms with van der Waals surface area (Å²) in [4.78, 5) is 43.2. The molecule has 2 N–H and O–H groups in total. The summed E-state index contributed by atoms with van der Waals surface area (Å²) < 4.78 is 2.81. The number of thiazole rings is 1. The maximum atomic E-state index is 13.7. The van der Waals surface area contributed by atoms with Gasteiger partial charge in [-0.3, -0.25) is 24.0 Å². The molecule has 1 amide bonds. The Morgan fingerprint density at radius 1 is 1.10 bits per heavy atom. The third-order valence-electron chi connectivity index (χ3n) is 7.02. The van der Waals surface area contributed by atoms with Crippen molar-refractivity contribution in [3.8, 4) is 0 Å². The maximum absolute atomic E-state index is 13.7. The van der Waals surface area contributed by atoms with Crippen molar-refractivity contribution in [2.45, 2.75) is 25.7 Å². The number of carbonyl (C=O) groups is 1. The van der Waals surface area contributed by atoms with E-state index >= 15 is 0 Å². The molecule has 5 heterocycles. The van der Waals surface area contributed by atoms with Crippen LogP contribution in [0.25, 0.3) is 26.1 Å². The molecular formula is C28H28ClN7O2S. The van der Waals surface area contributed by atoms with E-state index in [1.807, 2.05) is 22.6 Å². The molecule has 0 atom stereocenters. The van der Waals surface area contributed by atoms with Gasteiger partial charge >= 0.3 is 0 Å². The largest absolute Gasteiger partial charge is 0.370 e. The molecule has 0 saturated carbocycles. The number of nitrogens with zero attached hydrogens (tertiary/aromatic N) is 5. The summed E-state index contributed by atoms with van der Waals surface area (Å²) in [6.07, 6.45) is 9.14. The Bertz CT molecular complexity index is 1710. The Kier molecular flexibility index (Phi) is 7.40. The monoisotopic (exact) mass is 561 g/mol. The van der Waals surface area contributed by atoms with Gasteiger partial charge in [0.25, 0.3) is 5.91 Å². The van der Waals surface area contributed by atoms with E-state index in [-0.39, 0.29) is 16.9 Å². The number of pyridine rings is 2. The second kappa shape index (κ2) is 11.3. The molecule has 200 valence electrons. The molecular weight excluding hydrogens is 534 g/mol. The molecule has 0 unspecified atom stereocenters. The van der Waals surface area contributed by atoms with Crippen LogP contribution in [0.5, 0.6) is 0 Å². The van der Waals surface area contributed by atoms with Gasteiger partial charge < -0.3 is 15.5 Å². The molecule has 1 saturated heterocycles. The van der Waals surface area contributed by atoms with Crippen molar-refractivity contribution < 1.29 is 4.79 Å². The summed E-state index contributed by atoms with van der Waals surface area (Å²) in [5.74, 6) is 0.293. The Hall–Kier alpha value is -3.60. The average Bonchev–Trinajstić information content (AvgIpc) is 3.59. The highest BCUT2D eigenvalue weighted by Crippen LogP contribution is 2.32. The van der Waals surface area contributed by atoms with E-state index in [1.165, 1.54) is 24.2 Å². The lowest BCUT2D eigenvalue weighted by atomic mass is 10.1. The molecule has 1 aliphatic heterocycles. The second-order valence-electron chi connectivity index (χ2n) is 9.66. The fourth-order valence-corrected chi connectivity index (χ4v) is 6.41. The van der Waals surface area contributed by atoms with Crippen LogP contribution in [0, 0.1) is 0 Å². The predicted molar refractivity (Wildman–Crippen MR) is 156 cm³/mol. The van der Waals surface area contributed by atoms with Crippen molar-refractivity contribution >= 4 is 60.7 Å². The Morgan fingerprint density at radius 3 is 2.79 bits per heavy atom. The molecule has 1 fully saturated rings. The molecule has 1 aromatic carbocycles. The number of rotatable bonds is 9. The smallest absolute Gasteiger partial charge is 0.258 e. The molecule has 6 rings (SSSR count). The van der Waals surface area contributed by atoms with E-state index < -0.39 is 0 Å². The van der Waals surface area contributed by atoms with Gasteiger partial charge in [0.15, 0.2) is 5.65 Å². The molecule has 39 heavy (non-hydrogen) atoms. The molecule has 9 nitrogen and oxygen atoms in total. The van der Waals surface area contributed by atoms with Crippen molar-refractivity contribution in [3.05, 3.63) is 75.4 Å². The first kappa shape index (κ1) is 25.7. The van der Waals surface area contributed by atoms with Crippen LogP contribution >= 0.6 is 22.9 Å². The standard InChI is InChI=1S/C28H28ClN7O2S/c29-18-5-7-22-21(16-18)36-26-20(6-8-23(34-26)32-9-3-4-19-17-30-10-11-31-19)25(37)24(28(36)39-22)27(38)33-12-15-35-13-1-2-14-35/h5-8,10-11,16-17H,1-4,9,12-15H2,(H,32,34)(H,33,38). The summed E-state index contributed by atoms with van der Waals surface area (Å²) >= 11 is 7.76. The highest BCUT2D eigenvalue weighted by Gasteiger charge is 2.23. The summed E-state index contributed by atoms with van der Waals surface area (Å²) in [7, 11) is 0. The van der Waals surface area contributed by atoms with Crippen molar-refractivity contribution in [2.75, 3.05) is 38.0 Å². The van der Waals surface area contributed by atoms with Gasteiger partial charge in [0.2, 0.25) is 5.43 Å². The Labute approximate surface area is 233 Å². The highest BCUT2D eigenvalue weighted by molar-refractivity contribution is 7.24. The van der Waals surface area contributed by atoms with E-state index in [1.54, 1.807) is 30.7 Å². The fourth-order valence-electron chi connectivity index (χ4n) is 5.08. The van der Waals surface area contributed by atoms with Crippen LogP contribution in [0.4, 0.5) is 5.82 Å². The number of anilines is 1. The molecule has 1 aliphatic rings. The molecule has 5 aromatic rings. The van der Waals surface area contributed by atoms with Crippen LogP contribution in [0.2, 0.25) is 5.02 Å². The lowest BCUT2D eigenvalue weighted by Crippen LogP contribution is -2.35. The number of amides is 1. The van der Waals surface area contributed by atoms with E-state index in [0.29, 0.717) is 39.8 Å². The highest BCUT2D eigenvalue weighted by atomic mass is 35.5. The summed E-state index contributed by atoms with van der Waals surface area (Å²) in [5, 5.41) is 7.30. The minimum atomic E-state index is -0.359. The van der Waals surface area contributed by atoms with Crippen molar-refractivity contribution in [1.29, 1.82) is 0 Å². The second-order valence-corrected chi connectivity index (χ2v) is 11.1. The third-order valence-corrected chi connectivity index (χ3v) is 8.40. The predicted octanol–water partition coefficient (Wildman–Crippen LogP) is 4.38. The summed E-state index contributed by atoms with van der Waals surface area (Å²) in [6.45, 7) is 4.06. The first-order valence-corrected chi connectivity index (χ1v) is 14.3. The van der Waals surface area contributed by atoms with Gasteiger partial charge in [-0.15, -0.1) is 11.3 Å². The number of aryl methyl sites for hydroxylation is 1. The van der Waals surface area contributed by atoms with E-state index in [9.17, 15) is 9.59 Å². The number of carbonyl (C=O) groups excluding carboxylic acids is 1. The normalized spacial score (nSPS) is 14.0. The lowest BCUT2D eigenvalue weighted by molar-refractivity contribution is 0.0950. The van der Waals surface area contributed by atoms with Gasteiger partial charge in [0.1, 0.15) is 16.2 Å². The van der Waals surface area contributed by atoms with Gasteiger partial charge in [-0.25, -0.2) is 4.98 Å². The summed E-state index contributed by atoms with van der Waals surface area (Å²) in [5.41, 5.74) is 2.07. The van der Waals surface area contributed by atoms with Crippen LogP contribution in [-0.2, 0) is 6.42 Å². The molecule has 0 bridgehead atoms. The SMILES string of the molecule is O=C(NCCN1CCCC1)c1c(=O)c2ccc(NCCCc3cnccn3)nc2n2c1sc1ccc(Cl)cc12. The zero-order valence-electron chi connectivity index (χ0n) is 21.3. The Balaban J connectivity index is 1.34. The zero-order chi connectivity index (χ0) is 26.8. The first-order chi connectivity index (χ1) is 19.1. The number of benzene rings is 1. The van der Waals surface area contributed by atoms with Crippen molar-refractivity contribution in [3.63, 3.8) is 0 Å². The van der Waals surface area contributed by atoms with Crippen LogP contribution in [0.3, 0.4) is 0 Å². The van der Waals surface area contributed by atoms with Crippen LogP contribution in [0.1, 0.15) is 35.3 Å². The minimum Gasteiger partial charge on any atom is -0.370 e. The number of nitrogens with one attached hydrogen (secondary N) is 2. The molecule has 4 aromatic heterocycles. The summed E-state index contributed by atoms with van der Waals surface area (Å²) in [6, 6.07) is 9.11. The molecule has 0 spiro atoms. The van der Waals surface area contributed by atoms with Gasteiger partial charge in [-0.1, -0.05) is 11.6 Å². The molecule has 11 heteroatoms. The number of aromatic nitrogens is 4. The quantitative estimate of drug-likeness (QED) is 0.257. The van der Waals surface area contributed by atoms with Gasteiger partial charge in [0.05, 0.1) is 21.3 Å². The van der Waals surface area contributed by atoms with Crippen molar-refractivity contribution in [1.82, 2.24) is 29.6 Å². The fraction of sp³-hybridized carbons (Fsp3) is 0.321. The Morgan fingerprint density at radius 2 is 1.97 bits per heavy atom. The number of halogens is 1. The van der Waals surface area contributed by atoms with Crippen LogP contribution < -0.4 is 16.1 Å². The minimum absolute atomic E-state index is 0.146. The van der Waals surface area contributed by atoms with E-state index in [0.717, 1.165) is 48.4 Å². The van der Waals surface area contributed by atoms with E-state index in [2.05, 4.69) is 25.5 Å². The average molecular weight is 562 g/mol. The first-order valence-electron chi connectivity index (χ1n) is 13.2. The molecule has 0 radical (unpaired) electrons. The topological polar surface area (TPSA) is 105 Å². The van der Waals surface area contributed by atoms with Gasteiger partial charge in [0, 0.05) is 43.2 Å². The van der Waals surface area contributed by atoms with Gasteiger partial charge in [-0.05, 0) is 69.1 Å². The van der Waals surface area contributed by atoms with Crippen molar-refractivity contribution in [2.24, 2.45) is 0 Å². The number of hydrogen-bond donors (Lipinski definition) is 2. The third kappa shape index (κ3) is 5.32. The lowest BCUT2D eigenvalue weighted by Gasteiger charge is -2.15. The maximum Gasteiger partial charge on any atom is 0.258 e. The zero-order valence-corrected chi connectivity index (χ0v) is 22.9. The van der Waals surface area contributed by atoms with Crippen LogP contribution in [-0.4, -0.2) is 62.9 Å². The molecule has 0 aliphatic carbocycles. The number of likely N-dealkylation sites (tertiary alicyclic amines) is 1. The van der Waals surface area contributed by atoms with Gasteiger partial charge in [-0.2, -0.15) is 0 Å². The van der Waals surface area contributed by atoms with E-state index in [4.69, 9.17) is 16.6 Å². The number of hydrogen-bond acceptors (Lipinski definition) is 8. The van der Waals surface area contributed by atoms with Crippen LogP contribution in [0.15, 0.2) is 53.7 Å².